The maximum Gasteiger partial charge on any atom is 0.306 e. The fourth-order valence-electron chi connectivity index (χ4n) is 1.25. The van der Waals surface area contributed by atoms with Gasteiger partial charge in [0.1, 0.15) is 11.3 Å². The summed E-state index contributed by atoms with van der Waals surface area (Å²) in [6.45, 7) is 1.70. The largest absolute Gasteiger partial charge is 0.481 e. The number of nitrogens with zero attached hydrogens (tertiary/aromatic N) is 1. The Morgan fingerprint density at radius 2 is 2.19 bits per heavy atom. The second-order valence-electron chi connectivity index (χ2n) is 3.49. The van der Waals surface area contributed by atoms with Crippen molar-refractivity contribution >= 4 is 17.6 Å². The molecule has 0 spiro atoms. The van der Waals surface area contributed by atoms with Crippen LogP contribution in [0.1, 0.15) is 23.7 Å². The zero-order valence-corrected chi connectivity index (χ0v) is 9.35. The Bertz CT molecular complexity index is 396. The molecule has 1 aromatic heterocycles. The van der Waals surface area contributed by atoms with E-state index in [9.17, 15) is 15.0 Å². The van der Waals surface area contributed by atoms with Crippen LogP contribution in [0.3, 0.4) is 0 Å². The van der Waals surface area contributed by atoms with Gasteiger partial charge in [-0.2, -0.15) is 0 Å². The first-order chi connectivity index (χ1) is 7.41. The maximum absolute atomic E-state index is 10.4. The molecule has 0 radical (unpaired) electrons. The molecule has 0 aliphatic rings. The van der Waals surface area contributed by atoms with Crippen molar-refractivity contribution in [3.63, 3.8) is 0 Å². The topological polar surface area (TPSA) is 90.7 Å². The molecule has 0 fully saturated rings. The number of aliphatic hydroxyl groups excluding tert-OH is 2. The minimum Gasteiger partial charge on any atom is -0.481 e. The molecule has 1 aromatic rings. The summed E-state index contributed by atoms with van der Waals surface area (Å²) in [5.74, 6) is -1.18. The van der Waals surface area contributed by atoms with Crippen molar-refractivity contribution in [2.24, 2.45) is 0 Å². The van der Waals surface area contributed by atoms with Crippen LogP contribution in [0.2, 0.25) is 5.15 Å². The number of aryl methyl sites for hydroxylation is 1. The molecule has 16 heavy (non-hydrogen) atoms. The van der Waals surface area contributed by atoms with Crippen molar-refractivity contribution < 1.29 is 20.1 Å². The van der Waals surface area contributed by atoms with Crippen molar-refractivity contribution in [1.82, 2.24) is 4.98 Å². The monoisotopic (exact) mass is 245 g/mol. The zero-order chi connectivity index (χ0) is 12.3. The van der Waals surface area contributed by atoms with Crippen LogP contribution < -0.4 is 0 Å². The van der Waals surface area contributed by atoms with E-state index in [1.165, 1.54) is 6.20 Å². The number of hydrogen-bond donors (Lipinski definition) is 3. The van der Waals surface area contributed by atoms with Gasteiger partial charge in [0.05, 0.1) is 12.5 Å². The van der Waals surface area contributed by atoms with Crippen molar-refractivity contribution in [2.75, 3.05) is 0 Å². The number of aliphatic carboxylic acids is 1. The third-order valence-corrected chi connectivity index (χ3v) is 2.52. The van der Waals surface area contributed by atoms with Crippen molar-refractivity contribution in [3.05, 3.63) is 28.5 Å². The second kappa shape index (κ2) is 5.25. The first-order valence-electron chi connectivity index (χ1n) is 4.61. The van der Waals surface area contributed by atoms with E-state index < -0.39 is 24.6 Å². The van der Waals surface area contributed by atoms with Crippen LogP contribution in [0.5, 0.6) is 0 Å². The fraction of sp³-hybridized carbons (Fsp3) is 0.400. The molecule has 88 valence electrons. The summed E-state index contributed by atoms with van der Waals surface area (Å²) in [5.41, 5.74) is 0.997. The lowest BCUT2D eigenvalue weighted by Gasteiger charge is -2.16. The Balaban J connectivity index is 2.83. The molecular formula is C10H12ClNO4. The van der Waals surface area contributed by atoms with Gasteiger partial charge in [0.15, 0.2) is 0 Å². The smallest absolute Gasteiger partial charge is 0.306 e. The summed E-state index contributed by atoms with van der Waals surface area (Å²) in [6, 6.07) is 1.56. The Labute approximate surface area is 97.3 Å². The van der Waals surface area contributed by atoms with Crippen molar-refractivity contribution in [2.45, 2.75) is 25.6 Å². The molecule has 0 bridgehead atoms. The minimum absolute atomic E-state index is 0.309. The number of aliphatic hydroxyl groups is 2. The van der Waals surface area contributed by atoms with Crippen LogP contribution in [-0.2, 0) is 4.79 Å². The summed E-state index contributed by atoms with van der Waals surface area (Å²) < 4.78 is 0. The van der Waals surface area contributed by atoms with E-state index in [1.807, 2.05) is 0 Å². The molecule has 0 aromatic carbocycles. The quantitative estimate of drug-likeness (QED) is 0.686. The van der Waals surface area contributed by atoms with Gasteiger partial charge < -0.3 is 15.3 Å². The number of carbonyl (C=O) groups is 1. The highest BCUT2D eigenvalue weighted by Crippen LogP contribution is 2.21. The molecule has 2 unspecified atom stereocenters. The molecule has 0 aliphatic heterocycles. The summed E-state index contributed by atoms with van der Waals surface area (Å²) in [7, 11) is 0. The van der Waals surface area contributed by atoms with E-state index in [-0.39, 0.29) is 0 Å². The lowest BCUT2D eigenvalue weighted by atomic mass is 10.0. The normalized spacial score (nSPS) is 14.5. The van der Waals surface area contributed by atoms with Crippen LogP contribution >= 0.6 is 11.6 Å². The van der Waals surface area contributed by atoms with Gasteiger partial charge in [-0.05, 0) is 18.6 Å². The number of halogens is 1. The van der Waals surface area contributed by atoms with Crippen molar-refractivity contribution in [3.8, 4) is 0 Å². The van der Waals surface area contributed by atoms with Gasteiger partial charge in [-0.15, -0.1) is 0 Å². The lowest BCUT2D eigenvalue weighted by Crippen LogP contribution is -2.22. The van der Waals surface area contributed by atoms with Gasteiger partial charge in [-0.3, -0.25) is 4.79 Å². The number of aromatic nitrogens is 1. The molecule has 0 aliphatic carbocycles. The number of pyridine rings is 1. The van der Waals surface area contributed by atoms with Gasteiger partial charge in [-0.25, -0.2) is 4.98 Å². The number of hydrogen-bond acceptors (Lipinski definition) is 4. The van der Waals surface area contributed by atoms with E-state index in [1.54, 1.807) is 13.0 Å². The van der Waals surface area contributed by atoms with E-state index in [0.717, 1.165) is 0 Å². The number of rotatable bonds is 4. The Hall–Kier alpha value is -1.17. The van der Waals surface area contributed by atoms with E-state index in [2.05, 4.69) is 4.98 Å². The van der Waals surface area contributed by atoms with E-state index in [4.69, 9.17) is 16.7 Å². The molecule has 1 heterocycles. The van der Waals surface area contributed by atoms with E-state index in [0.29, 0.717) is 16.3 Å². The molecular weight excluding hydrogens is 234 g/mol. The van der Waals surface area contributed by atoms with Gasteiger partial charge >= 0.3 is 5.97 Å². The second-order valence-corrected chi connectivity index (χ2v) is 3.84. The Morgan fingerprint density at radius 3 is 2.69 bits per heavy atom. The molecule has 0 amide bonds. The summed E-state index contributed by atoms with van der Waals surface area (Å²) in [5, 5.41) is 27.8. The Kier molecular flexibility index (Phi) is 4.23. The minimum atomic E-state index is -1.36. The highest BCUT2D eigenvalue weighted by molar-refractivity contribution is 6.30. The van der Waals surface area contributed by atoms with Gasteiger partial charge in [0.25, 0.3) is 0 Å². The van der Waals surface area contributed by atoms with Gasteiger partial charge in [0, 0.05) is 11.8 Å². The standard InChI is InChI=1S/C10H12ClNO4/c1-5-2-6(4-12-10(5)11)9(16)7(13)3-8(14)15/h2,4,7,9,13,16H,3H2,1H3,(H,14,15). The SMILES string of the molecule is Cc1cc(C(O)C(O)CC(=O)O)cnc1Cl. The Morgan fingerprint density at radius 1 is 1.56 bits per heavy atom. The highest BCUT2D eigenvalue weighted by Gasteiger charge is 2.21. The van der Waals surface area contributed by atoms with Gasteiger partial charge in [0.2, 0.25) is 0 Å². The summed E-state index contributed by atoms with van der Waals surface area (Å²) >= 11 is 5.70. The van der Waals surface area contributed by atoms with Crippen LogP contribution in [0.15, 0.2) is 12.3 Å². The average Bonchev–Trinajstić information content (AvgIpc) is 2.20. The molecule has 0 saturated carbocycles. The maximum atomic E-state index is 10.4. The third kappa shape index (κ3) is 3.16. The first kappa shape index (κ1) is 12.9. The van der Waals surface area contributed by atoms with Gasteiger partial charge in [-0.1, -0.05) is 11.6 Å². The molecule has 1 rings (SSSR count). The summed E-state index contributed by atoms with van der Waals surface area (Å²) in [6.07, 6.45) is -1.85. The molecule has 2 atom stereocenters. The third-order valence-electron chi connectivity index (χ3n) is 2.13. The number of carboxylic acid groups (broad SMARTS) is 1. The number of carboxylic acids is 1. The summed E-state index contributed by atoms with van der Waals surface area (Å²) in [4.78, 5) is 14.2. The first-order valence-corrected chi connectivity index (χ1v) is 4.99. The highest BCUT2D eigenvalue weighted by atomic mass is 35.5. The molecule has 3 N–H and O–H groups in total. The van der Waals surface area contributed by atoms with E-state index >= 15 is 0 Å². The predicted molar refractivity (Wildman–Crippen MR) is 57.2 cm³/mol. The van der Waals surface area contributed by atoms with Crippen LogP contribution in [0, 0.1) is 6.92 Å². The molecule has 6 heteroatoms. The average molecular weight is 246 g/mol. The van der Waals surface area contributed by atoms with Crippen LogP contribution in [0.4, 0.5) is 0 Å². The fourth-order valence-corrected chi connectivity index (χ4v) is 1.36. The van der Waals surface area contributed by atoms with Crippen LogP contribution in [-0.4, -0.2) is 32.4 Å². The molecule has 5 nitrogen and oxygen atoms in total. The zero-order valence-electron chi connectivity index (χ0n) is 8.59. The predicted octanol–water partition coefficient (Wildman–Crippen LogP) is 0.912. The van der Waals surface area contributed by atoms with Crippen molar-refractivity contribution in [1.29, 1.82) is 0 Å². The molecule has 0 saturated heterocycles. The van der Waals surface area contributed by atoms with Crippen LogP contribution in [0.25, 0.3) is 0 Å². The lowest BCUT2D eigenvalue weighted by molar-refractivity contribution is -0.141.